The lowest BCUT2D eigenvalue weighted by atomic mass is 10.1. The van der Waals surface area contributed by atoms with Gasteiger partial charge in [-0.3, -0.25) is 4.79 Å². The van der Waals surface area contributed by atoms with Crippen molar-refractivity contribution in [3.8, 4) is 11.8 Å². The quantitative estimate of drug-likeness (QED) is 0.590. The monoisotopic (exact) mass is 379 g/mol. The van der Waals surface area contributed by atoms with Crippen molar-refractivity contribution in [2.24, 2.45) is 0 Å². The van der Waals surface area contributed by atoms with Gasteiger partial charge < -0.3 is 14.5 Å². The zero-order chi connectivity index (χ0) is 20.4. The number of amides is 1. The molecule has 2 rings (SSSR count). The Morgan fingerprint density at radius 3 is 2.21 bits per heavy atom. The van der Waals surface area contributed by atoms with Gasteiger partial charge in [0.2, 0.25) is 0 Å². The van der Waals surface area contributed by atoms with Crippen molar-refractivity contribution in [1.82, 2.24) is 0 Å². The highest BCUT2D eigenvalue weighted by atomic mass is 16.5. The molecule has 28 heavy (non-hydrogen) atoms. The van der Waals surface area contributed by atoms with Crippen molar-refractivity contribution in [2.45, 2.75) is 33.1 Å². The molecular formula is C23H29N3O2. The van der Waals surface area contributed by atoms with Crippen LogP contribution in [-0.2, 0) is 0 Å². The third-order valence-corrected chi connectivity index (χ3v) is 4.55. The van der Waals surface area contributed by atoms with Gasteiger partial charge in [-0.05, 0) is 61.9 Å². The van der Waals surface area contributed by atoms with Crippen LogP contribution in [0.15, 0.2) is 48.5 Å². The third kappa shape index (κ3) is 5.75. The van der Waals surface area contributed by atoms with Crippen LogP contribution in [0, 0.1) is 11.3 Å². The van der Waals surface area contributed by atoms with Crippen LogP contribution in [0.25, 0.3) is 0 Å². The minimum absolute atomic E-state index is 0.109. The smallest absolute Gasteiger partial charge is 0.258 e. The Kier molecular flexibility index (Phi) is 8.36. The van der Waals surface area contributed by atoms with Crippen molar-refractivity contribution in [3.63, 3.8) is 0 Å². The highest BCUT2D eigenvalue weighted by Crippen LogP contribution is 2.23. The Labute approximate surface area is 168 Å². The van der Waals surface area contributed by atoms with Gasteiger partial charge in [-0.15, -0.1) is 0 Å². The van der Waals surface area contributed by atoms with Gasteiger partial charge in [0.15, 0.2) is 0 Å². The van der Waals surface area contributed by atoms with E-state index in [9.17, 15) is 4.79 Å². The van der Waals surface area contributed by atoms with Gasteiger partial charge in [0.25, 0.3) is 5.91 Å². The molecular weight excluding hydrogens is 350 g/mol. The molecule has 148 valence electrons. The number of carbonyl (C=O) groups excluding carboxylic acids is 1. The van der Waals surface area contributed by atoms with Crippen molar-refractivity contribution in [2.75, 3.05) is 36.5 Å². The second kappa shape index (κ2) is 11.0. The standard InChI is InChI=1S/C23H29N3O2/c1-4-6-17-25(3)20-10-8-19(9-11-20)23(27)26(18-7-16-24)21-12-14-22(15-13-21)28-5-2/h8-15H,4-7,17-18H2,1-3H3. The Hall–Kier alpha value is -3.00. The number of hydrogen-bond donors (Lipinski definition) is 0. The second-order valence-electron chi connectivity index (χ2n) is 6.61. The molecule has 2 aromatic carbocycles. The molecule has 0 fully saturated rings. The van der Waals surface area contributed by atoms with Gasteiger partial charge in [-0.1, -0.05) is 13.3 Å². The van der Waals surface area contributed by atoms with Gasteiger partial charge in [0.05, 0.1) is 19.1 Å². The maximum atomic E-state index is 13.1. The molecule has 0 aliphatic rings. The number of nitriles is 1. The number of hydrogen-bond acceptors (Lipinski definition) is 4. The van der Waals surface area contributed by atoms with E-state index in [1.807, 2.05) is 55.5 Å². The minimum Gasteiger partial charge on any atom is -0.494 e. The zero-order valence-electron chi connectivity index (χ0n) is 17.0. The predicted octanol–water partition coefficient (Wildman–Crippen LogP) is 4.88. The largest absolute Gasteiger partial charge is 0.494 e. The molecule has 0 unspecified atom stereocenters. The van der Waals surface area contributed by atoms with E-state index in [4.69, 9.17) is 10.00 Å². The van der Waals surface area contributed by atoms with Crippen LogP contribution in [-0.4, -0.2) is 32.7 Å². The van der Waals surface area contributed by atoms with Crippen LogP contribution in [0.1, 0.15) is 43.5 Å². The fourth-order valence-corrected chi connectivity index (χ4v) is 2.94. The Morgan fingerprint density at radius 2 is 1.64 bits per heavy atom. The molecule has 0 aromatic heterocycles. The number of anilines is 2. The number of unbranched alkanes of at least 4 members (excludes halogenated alkanes) is 1. The van der Waals surface area contributed by atoms with Crippen LogP contribution < -0.4 is 14.5 Å². The number of ether oxygens (including phenoxy) is 1. The summed E-state index contributed by atoms with van der Waals surface area (Å²) in [5, 5.41) is 8.98. The molecule has 0 bridgehead atoms. The molecule has 2 aromatic rings. The van der Waals surface area contributed by atoms with Crippen molar-refractivity contribution in [3.05, 3.63) is 54.1 Å². The van der Waals surface area contributed by atoms with E-state index in [0.29, 0.717) is 18.7 Å². The van der Waals surface area contributed by atoms with Gasteiger partial charge in [-0.2, -0.15) is 5.26 Å². The number of carbonyl (C=O) groups is 1. The van der Waals surface area contributed by atoms with E-state index in [0.717, 1.165) is 36.5 Å². The van der Waals surface area contributed by atoms with Crippen LogP contribution in [0.3, 0.4) is 0 Å². The van der Waals surface area contributed by atoms with Crippen LogP contribution in [0.5, 0.6) is 5.75 Å². The normalized spacial score (nSPS) is 10.2. The maximum absolute atomic E-state index is 13.1. The summed E-state index contributed by atoms with van der Waals surface area (Å²) < 4.78 is 5.47. The number of benzene rings is 2. The molecule has 0 heterocycles. The van der Waals surface area contributed by atoms with Crippen molar-refractivity contribution < 1.29 is 9.53 Å². The zero-order valence-corrected chi connectivity index (χ0v) is 17.0. The molecule has 1 amide bonds. The molecule has 0 aliphatic carbocycles. The van der Waals surface area contributed by atoms with Gasteiger partial charge >= 0.3 is 0 Å². The summed E-state index contributed by atoms with van der Waals surface area (Å²) in [6, 6.07) is 17.2. The average molecular weight is 380 g/mol. The summed E-state index contributed by atoms with van der Waals surface area (Å²) in [5.41, 5.74) is 2.46. The lowest BCUT2D eigenvalue weighted by Crippen LogP contribution is -2.31. The van der Waals surface area contributed by atoms with E-state index in [2.05, 4.69) is 24.9 Å². The fourth-order valence-electron chi connectivity index (χ4n) is 2.94. The molecule has 0 aliphatic heterocycles. The van der Waals surface area contributed by atoms with E-state index < -0.39 is 0 Å². The molecule has 0 radical (unpaired) electrons. The Morgan fingerprint density at radius 1 is 1.00 bits per heavy atom. The molecule has 5 nitrogen and oxygen atoms in total. The lowest BCUT2D eigenvalue weighted by molar-refractivity contribution is 0.0987. The van der Waals surface area contributed by atoms with E-state index in [1.165, 1.54) is 0 Å². The van der Waals surface area contributed by atoms with Gasteiger partial charge in [0.1, 0.15) is 5.75 Å². The first-order valence-corrected chi connectivity index (χ1v) is 9.83. The summed E-state index contributed by atoms with van der Waals surface area (Å²) in [7, 11) is 2.06. The lowest BCUT2D eigenvalue weighted by Gasteiger charge is -2.23. The van der Waals surface area contributed by atoms with Gasteiger partial charge in [-0.25, -0.2) is 0 Å². The first-order valence-electron chi connectivity index (χ1n) is 9.83. The maximum Gasteiger partial charge on any atom is 0.258 e. The van der Waals surface area contributed by atoms with Crippen molar-refractivity contribution in [1.29, 1.82) is 5.26 Å². The number of rotatable bonds is 10. The fraction of sp³-hybridized carbons (Fsp3) is 0.391. The molecule has 0 N–H and O–H groups in total. The first kappa shape index (κ1) is 21.3. The van der Waals surface area contributed by atoms with Crippen LogP contribution in [0.2, 0.25) is 0 Å². The summed E-state index contributed by atoms with van der Waals surface area (Å²) in [5.74, 6) is 0.653. The highest BCUT2D eigenvalue weighted by molar-refractivity contribution is 6.06. The summed E-state index contributed by atoms with van der Waals surface area (Å²) in [6.07, 6.45) is 2.56. The Bertz CT molecular complexity index is 779. The molecule has 5 heteroatoms. The van der Waals surface area contributed by atoms with Crippen LogP contribution in [0.4, 0.5) is 11.4 Å². The van der Waals surface area contributed by atoms with Crippen LogP contribution >= 0.6 is 0 Å². The first-order chi connectivity index (χ1) is 13.6. The molecule has 0 saturated heterocycles. The predicted molar refractivity (Wildman–Crippen MR) is 114 cm³/mol. The average Bonchev–Trinajstić information content (AvgIpc) is 2.73. The third-order valence-electron chi connectivity index (χ3n) is 4.55. The topological polar surface area (TPSA) is 56.6 Å². The van der Waals surface area contributed by atoms with Gasteiger partial charge in [0, 0.05) is 37.1 Å². The van der Waals surface area contributed by atoms with Crippen molar-refractivity contribution >= 4 is 17.3 Å². The number of nitrogens with zero attached hydrogens (tertiary/aromatic N) is 3. The summed E-state index contributed by atoms with van der Waals surface area (Å²) >= 11 is 0. The molecule has 0 saturated carbocycles. The molecule has 0 atom stereocenters. The minimum atomic E-state index is -0.109. The molecule has 0 spiro atoms. The summed E-state index contributed by atoms with van der Waals surface area (Å²) in [6.45, 7) is 6.04. The summed E-state index contributed by atoms with van der Waals surface area (Å²) in [4.78, 5) is 16.9. The van der Waals surface area contributed by atoms with E-state index >= 15 is 0 Å². The van der Waals surface area contributed by atoms with E-state index in [1.54, 1.807) is 4.90 Å². The highest BCUT2D eigenvalue weighted by Gasteiger charge is 2.18. The van der Waals surface area contributed by atoms with E-state index in [-0.39, 0.29) is 12.3 Å². The SMILES string of the molecule is CCCCN(C)c1ccc(C(=O)N(CCC#N)c2ccc(OCC)cc2)cc1. The second-order valence-corrected chi connectivity index (χ2v) is 6.61. The Balaban J connectivity index is 2.19.